The Labute approximate surface area is 150 Å². The normalized spacial score (nSPS) is 15.8. The summed E-state index contributed by atoms with van der Waals surface area (Å²) < 4.78 is 20.1. The van der Waals surface area contributed by atoms with Crippen molar-refractivity contribution in [3.05, 3.63) is 71.8 Å². The van der Waals surface area contributed by atoms with Gasteiger partial charge < -0.3 is 9.64 Å². The highest BCUT2D eigenvalue weighted by molar-refractivity contribution is 6.08. The van der Waals surface area contributed by atoms with E-state index < -0.39 is 0 Å². The number of hydrogen-bond acceptors (Lipinski definition) is 3. The van der Waals surface area contributed by atoms with Gasteiger partial charge in [0.1, 0.15) is 5.82 Å². The number of hydrogen-bond donors (Lipinski definition) is 0. The Morgan fingerprint density at radius 1 is 1.19 bits per heavy atom. The Hall–Kier alpha value is -3.15. The van der Waals surface area contributed by atoms with Crippen LogP contribution in [0.15, 0.2) is 54.7 Å². The summed E-state index contributed by atoms with van der Waals surface area (Å²) in [5, 5.41) is 4.41. The van der Waals surface area contributed by atoms with Gasteiger partial charge in [-0.3, -0.25) is 4.79 Å². The van der Waals surface area contributed by atoms with Crippen molar-refractivity contribution in [3.8, 4) is 11.4 Å². The first-order valence-electron chi connectivity index (χ1n) is 8.39. The molecule has 1 atom stereocenters. The Bertz CT molecular complexity index is 965. The molecule has 0 spiro atoms. The minimum atomic E-state index is -0.327. The number of methoxy groups -OCH3 is 1. The molecule has 2 aromatic carbocycles. The molecule has 2 heterocycles. The molecule has 1 aliphatic rings. The molecule has 26 heavy (non-hydrogen) atoms. The third-order valence-electron chi connectivity index (χ3n) is 4.62. The number of amides is 1. The van der Waals surface area contributed by atoms with Gasteiger partial charge in [-0.1, -0.05) is 18.2 Å². The maximum atomic E-state index is 13.2. The number of rotatable bonds is 3. The molecule has 1 aliphatic heterocycles. The van der Waals surface area contributed by atoms with Gasteiger partial charge in [0, 0.05) is 11.7 Å². The van der Waals surface area contributed by atoms with Gasteiger partial charge in [-0.25, -0.2) is 9.07 Å². The van der Waals surface area contributed by atoms with Crippen LogP contribution in [0.2, 0.25) is 0 Å². The van der Waals surface area contributed by atoms with E-state index in [1.54, 1.807) is 23.2 Å². The summed E-state index contributed by atoms with van der Waals surface area (Å²) in [6.07, 6.45) is 2.44. The van der Waals surface area contributed by atoms with E-state index in [2.05, 4.69) is 5.10 Å². The zero-order chi connectivity index (χ0) is 18.3. The lowest BCUT2D eigenvalue weighted by molar-refractivity contribution is 0.0973. The average molecular weight is 351 g/mol. The smallest absolute Gasteiger partial charge is 0.282 e. The molecule has 0 fully saturated rings. The standard InChI is InChI=1S/C20H18FN3O2/c1-13-11-14-5-3-4-6-17(14)24(13)20(25)19-18(26-2)12-23(22-19)16-9-7-15(21)8-10-16/h3-10,12-13H,11H2,1-2H3/t13-/m1/s1. The monoisotopic (exact) mass is 351 g/mol. The fourth-order valence-electron chi connectivity index (χ4n) is 3.37. The van der Waals surface area contributed by atoms with E-state index in [1.807, 2.05) is 31.2 Å². The molecule has 0 saturated heterocycles. The van der Waals surface area contributed by atoms with E-state index in [1.165, 1.54) is 23.9 Å². The van der Waals surface area contributed by atoms with E-state index in [4.69, 9.17) is 4.74 Å². The molecule has 5 nitrogen and oxygen atoms in total. The van der Waals surface area contributed by atoms with Crippen molar-refractivity contribution in [1.82, 2.24) is 9.78 Å². The summed E-state index contributed by atoms with van der Waals surface area (Å²) >= 11 is 0. The number of anilines is 1. The van der Waals surface area contributed by atoms with Crippen LogP contribution in [-0.4, -0.2) is 28.8 Å². The van der Waals surface area contributed by atoms with Gasteiger partial charge in [-0.15, -0.1) is 0 Å². The Balaban J connectivity index is 1.73. The first kappa shape index (κ1) is 16.3. The molecule has 1 amide bonds. The number of fused-ring (bicyclic) bond motifs is 1. The summed E-state index contributed by atoms with van der Waals surface area (Å²) in [7, 11) is 1.50. The largest absolute Gasteiger partial charge is 0.493 e. The number of ether oxygens (including phenoxy) is 1. The average Bonchev–Trinajstić information content (AvgIpc) is 3.22. The second-order valence-corrected chi connectivity index (χ2v) is 6.32. The minimum Gasteiger partial charge on any atom is -0.493 e. The van der Waals surface area contributed by atoms with Crippen LogP contribution in [0.3, 0.4) is 0 Å². The van der Waals surface area contributed by atoms with Crippen molar-refractivity contribution in [1.29, 1.82) is 0 Å². The van der Waals surface area contributed by atoms with Gasteiger partial charge in [0.05, 0.1) is 19.0 Å². The van der Waals surface area contributed by atoms with Crippen molar-refractivity contribution >= 4 is 11.6 Å². The van der Waals surface area contributed by atoms with Crippen LogP contribution in [0.5, 0.6) is 5.75 Å². The lowest BCUT2D eigenvalue weighted by Gasteiger charge is -2.22. The van der Waals surface area contributed by atoms with Gasteiger partial charge in [0.15, 0.2) is 11.4 Å². The molecule has 0 unspecified atom stereocenters. The second kappa shape index (κ2) is 6.29. The Kier molecular flexibility index (Phi) is 3.95. The maximum Gasteiger partial charge on any atom is 0.282 e. The number of para-hydroxylation sites is 1. The summed E-state index contributed by atoms with van der Waals surface area (Å²) in [4.78, 5) is 15.0. The van der Waals surface area contributed by atoms with Crippen LogP contribution < -0.4 is 9.64 Å². The third kappa shape index (κ3) is 2.63. The Morgan fingerprint density at radius 3 is 2.65 bits per heavy atom. The van der Waals surface area contributed by atoms with Crippen molar-refractivity contribution in [2.75, 3.05) is 12.0 Å². The van der Waals surface area contributed by atoms with Gasteiger partial charge in [-0.05, 0) is 49.2 Å². The van der Waals surface area contributed by atoms with Crippen LogP contribution in [0, 0.1) is 5.82 Å². The van der Waals surface area contributed by atoms with E-state index in [-0.39, 0.29) is 23.5 Å². The highest BCUT2D eigenvalue weighted by atomic mass is 19.1. The summed E-state index contributed by atoms with van der Waals surface area (Å²) in [5.41, 5.74) is 2.94. The molecule has 0 aliphatic carbocycles. The zero-order valence-corrected chi connectivity index (χ0v) is 14.5. The fraction of sp³-hybridized carbons (Fsp3) is 0.200. The first-order chi connectivity index (χ1) is 12.6. The van der Waals surface area contributed by atoms with Crippen molar-refractivity contribution in [2.24, 2.45) is 0 Å². The lowest BCUT2D eigenvalue weighted by Crippen LogP contribution is -2.36. The maximum absolute atomic E-state index is 13.2. The number of halogens is 1. The molecule has 4 rings (SSSR count). The van der Waals surface area contributed by atoms with Crippen LogP contribution in [0.4, 0.5) is 10.1 Å². The highest BCUT2D eigenvalue weighted by Crippen LogP contribution is 2.34. The van der Waals surface area contributed by atoms with Gasteiger partial charge in [0.25, 0.3) is 5.91 Å². The Morgan fingerprint density at radius 2 is 1.92 bits per heavy atom. The van der Waals surface area contributed by atoms with E-state index >= 15 is 0 Å². The predicted octanol–water partition coefficient (Wildman–Crippen LogP) is 3.61. The summed E-state index contributed by atoms with van der Waals surface area (Å²) in [6.45, 7) is 2.02. The lowest BCUT2D eigenvalue weighted by atomic mass is 10.1. The number of carbonyl (C=O) groups is 1. The molecule has 0 N–H and O–H groups in total. The molecular weight excluding hydrogens is 333 g/mol. The van der Waals surface area contributed by atoms with E-state index in [0.29, 0.717) is 11.4 Å². The quantitative estimate of drug-likeness (QED) is 0.724. The highest BCUT2D eigenvalue weighted by Gasteiger charge is 2.34. The van der Waals surface area contributed by atoms with Gasteiger partial charge in [-0.2, -0.15) is 5.10 Å². The molecule has 0 radical (unpaired) electrons. The first-order valence-corrected chi connectivity index (χ1v) is 8.39. The second-order valence-electron chi connectivity index (χ2n) is 6.32. The minimum absolute atomic E-state index is 0.0422. The SMILES string of the molecule is COc1cn(-c2ccc(F)cc2)nc1C(=O)N1c2ccccc2C[C@H]1C. The molecule has 1 aromatic heterocycles. The van der Waals surface area contributed by atoms with Gasteiger partial charge in [0.2, 0.25) is 0 Å². The van der Waals surface area contributed by atoms with E-state index in [9.17, 15) is 9.18 Å². The summed E-state index contributed by atoms with van der Waals surface area (Å²) in [5.74, 6) is -0.150. The molecule has 132 valence electrons. The molecule has 3 aromatic rings. The number of carbonyl (C=O) groups excluding carboxylic acids is 1. The van der Waals surface area contributed by atoms with Crippen LogP contribution in [0.1, 0.15) is 23.0 Å². The number of benzene rings is 2. The number of aromatic nitrogens is 2. The molecule has 0 saturated carbocycles. The van der Waals surface area contributed by atoms with Crippen LogP contribution in [-0.2, 0) is 6.42 Å². The topological polar surface area (TPSA) is 47.4 Å². The number of nitrogens with zero attached hydrogens (tertiary/aromatic N) is 3. The zero-order valence-electron chi connectivity index (χ0n) is 14.5. The third-order valence-corrected chi connectivity index (χ3v) is 4.62. The van der Waals surface area contributed by atoms with Crippen molar-refractivity contribution in [3.63, 3.8) is 0 Å². The van der Waals surface area contributed by atoms with E-state index in [0.717, 1.165) is 17.7 Å². The van der Waals surface area contributed by atoms with Crippen LogP contribution >= 0.6 is 0 Å². The van der Waals surface area contributed by atoms with Crippen LogP contribution in [0.25, 0.3) is 5.69 Å². The van der Waals surface area contributed by atoms with Crippen molar-refractivity contribution < 1.29 is 13.9 Å². The fourth-order valence-corrected chi connectivity index (χ4v) is 3.37. The molecular formula is C20H18FN3O2. The summed E-state index contributed by atoms with van der Waals surface area (Å²) in [6, 6.07) is 13.8. The van der Waals surface area contributed by atoms with Crippen molar-refractivity contribution in [2.45, 2.75) is 19.4 Å². The molecule has 6 heteroatoms. The predicted molar refractivity (Wildman–Crippen MR) is 96.5 cm³/mol. The van der Waals surface area contributed by atoms with Gasteiger partial charge >= 0.3 is 0 Å². The molecule has 0 bridgehead atoms.